The zero-order valence-electron chi connectivity index (χ0n) is 5.85. The Kier molecular flexibility index (Phi) is 7.77. The van der Waals surface area contributed by atoms with E-state index in [4.69, 9.17) is 4.74 Å². The average Bonchev–Trinajstić information content (AvgIpc) is 1.89. The van der Waals surface area contributed by atoms with Crippen molar-refractivity contribution in [2.24, 2.45) is 0 Å². The van der Waals surface area contributed by atoms with Crippen molar-refractivity contribution >= 4 is 0 Å². The maximum atomic E-state index is 9.89. The number of nitrogens with one attached hydrogen (secondary N) is 1. The number of hydrogen-bond acceptors (Lipinski definition) is 2. The highest BCUT2D eigenvalue weighted by atomic mass is 16.5. The minimum absolute atomic E-state index is 0.0139. The second kappa shape index (κ2) is 7.88. The molecule has 0 saturated heterocycles. The number of ether oxygens (including phenoxy) is 1. The quantitative estimate of drug-likeness (QED) is 0.518. The molecule has 0 heterocycles. The Labute approximate surface area is 56.0 Å². The van der Waals surface area contributed by atoms with Gasteiger partial charge in [-0.1, -0.05) is 0 Å². The van der Waals surface area contributed by atoms with Crippen molar-refractivity contribution in [3.8, 4) is 0 Å². The lowest BCUT2D eigenvalue weighted by molar-refractivity contribution is 0.181. The topological polar surface area (TPSA) is 41.2 Å². The van der Waals surface area contributed by atoms with Crippen LogP contribution in [0.3, 0.4) is 0 Å². The van der Waals surface area contributed by atoms with E-state index in [9.17, 15) is 5.11 Å². The van der Waals surface area contributed by atoms with E-state index in [2.05, 4.69) is 5.32 Å². The van der Waals surface area contributed by atoms with Gasteiger partial charge in [-0.2, -0.15) is 0 Å². The molecule has 9 heavy (non-hydrogen) atoms. The molecule has 1 N–H and O–H groups in total. The first kappa shape index (κ1) is 8.88. The SMILES string of the molecule is COCCNCCC[O]. The number of hydrogen-bond donors (Lipinski definition) is 1. The van der Waals surface area contributed by atoms with Gasteiger partial charge in [0.2, 0.25) is 0 Å². The molecule has 0 saturated carbocycles. The van der Waals surface area contributed by atoms with Gasteiger partial charge in [-0.05, 0) is 13.0 Å². The number of methoxy groups -OCH3 is 1. The molecule has 0 aliphatic rings. The fourth-order valence-corrected chi connectivity index (χ4v) is 0.496. The average molecular weight is 132 g/mol. The Morgan fingerprint density at radius 2 is 2.22 bits per heavy atom. The summed E-state index contributed by atoms with van der Waals surface area (Å²) in [4.78, 5) is 0. The van der Waals surface area contributed by atoms with Gasteiger partial charge in [-0.15, -0.1) is 0 Å². The molecule has 0 spiro atoms. The van der Waals surface area contributed by atoms with E-state index in [0.29, 0.717) is 6.42 Å². The second-order valence-corrected chi connectivity index (χ2v) is 1.80. The van der Waals surface area contributed by atoms with Crippen LogP contribution in [0.2, 0.25) is 0 Å². The molecule has 0 aromatic rings. The van der Waals surface area contributed by atoms with Crippen LogP contribution in [-0.2, 0) is 9.84 Å². The summed E-state index contributed by atoms with van der Waals surface area (Å²) in [6, 6.07) is 0. The van der Waals surface area contributed by atoms with Gasteiger partial charge in [0.25, 0.3) is 0 Å². The molecule has 0 aliphatic heterocycles. The highest BCUT2D eigenvalue weighted by Crippen LogP contribution is 1.71. The van der Waals surface area contributed by atoms with Crippen molar-refractivity contribution in [3.05, 3.63) is 0 Å². The summed E-state index contributed by atoms with van der Waals surface area (Å²) in [5.74, 6) is 0. The second-order valence-electron chi connectivity index (χ2n) is 1.80. The third-order valence-corrected chi connectivity index (χ3v) is 0.981. The van der Waals surface area contributed by atoms with Crippen LogP contribution in [0.5, 0.6) is 0 Å². The molecule has 0 bridgehead atoms. The lowest BCUT2D eigenvalue weighted by Gasteiger charge is -1.99. The Morgan fingerprint density at radius 1 is 1.44 bits per heavy atom. The Hall–Kier alpha value is -0.120. The molecule has 3 nitrogen and oxygen atoms in total. The molecular formula is C6H14NO2. The molecule has 0 amide bonds. The van der Waals surface area contributed by atoms with Crippen molar-refractivity contribution in [1.82, 2.24) is 5.32 Å². The van der Waals surface area contributed by atoms with Crippen LogP contribution in [0.1, 0.15) is 6.42 Å². The predicted molar refractivity (Wildman–Crippen MR) is 34.9 cm³/mol. The fraction of sp³-hybridized carbons (Fsp3) is 1.00. The Morgan fingerprint density at radius 3 is 2.78 bits per heavy atom. The molecule has 0 aromatic carbocycles. The molecule has 55 valence electrons. The van der Waals surface area contributed by atoms with Gasteiger partial charge in [0, 0.05) is 13.7 Å². The molecule has 0 aliphatic carbocycles. The lowest BCUT2D eigenvalue weighted by atomic mass is 10.4. The summed E-state index contributed by atoms with van der Waals surface area (Å²) < 4.78 is 4.78. The van der Waals surface area contributed by atoms with Crippen LogP contribution in [0, 0.1) is 0 Å². The van der Waals surface area contributed by atoms with Crippen LogP contribution in [0.15, 0.2) is 0 Å². The standard InChI is InChI=1S/C6H14NO2/c1-9-6-4-7-3-2-5-8/h7H,2-6H2,1H3. The van der Waals surface area contributed by atoms with Gasteiger partial charge in [0.05, 0.1) is 13.2 Å². The van der Waals surface area contributed by atoms with Crippen molar-refractivity contribution < 1.29 is 9.84 Å². The maximum absolute atomic E-state index is 9.89. The zero-order chi connectivity index (χ0) is 6.95. The Bertz CT molecular complexity index is 44.3. The molecular weight excluding hydrogens is 118 g/mol. The molecule has 0 fully saturated rings. The van der Waals surface area contributed by atoms with Gasteiger partial charge >= 0.3 is 0 Å². The van der Waals surface area contributed by atoms with E-state index in [0.717, 1.165) is 19.7 Å². The lowest BCUT2D eigenvalue weighted by Crippen LogP contribution is -2.20. The number of rotatable bonds is 6. The highest BCUT2D eigenvalue weighted by Gasteiger charge is 1.84. The van der Waals surface area contributed by atoms with Crippen molar-refractivity contribution in [2.75, 3.05) is 33.4 Å². The van der Waals surface area contributed by atoms with Crippen LogP contribution in [-0.4, -0.2) is 33.4 Å². The summed E-state index contributed by atoms with van der Waals surface area (Å²) in [5, 5.41) is 13.0. The van der Waals surface area contributed by atoms with Gasteiger partial charge in [-0.25, -0.2) is 5.11 Å². The van der Waals surface area contributed by atoms with Crippen molar-refractivity contribution in [3.63, 3.8) is 0 Å². The maximum Gasteiger partial charge on any atom is 0.0834 e. The van der Waals surface area contributed by atoms with E-state index >= 15 is 0 Å². The van der Waals surface area contributed by atoms with E-state index in [1.54, 1.807) is 7.11 Å². The summed E-state index contributed by atoms with van der Waals surface area (Å²) in [6.07, 6.45) is 0.712. The first-order chi connectivity index (χ1) is 4.41. The molecule has 1 radical (unpaired) electrons. The third-order valence-electron chi connectivity index (χ3n) is 0.981. The molecule has 0 unspecified atom stereocenters. The fourth-order valence-electron chi connectivity index (χ4n) is 0.496. The minimum Gasteiger partial charge on any atom is -0.383 e. The predicted octanol–water partition coefficient (Wildman–Crippen LogP) is 0.0430. The summed E-state index contributed by atoms with van der Waals surface area (Å²) in [7, 11) is 1.66. The van der Waals surface area contributed by atoms with Crippen LogP contribution >= 0.6 is 0 Å². The molecule has 3 heteroatoms. The van der Waals surface area contributed by atoms with Crippen LogP contribution < -0.4 is 5.32 Å². The van der Waals surface area contributed by atoms with E-state index < -0.39 is 0 Å². The van der Waals surface area contributed by atoms with Crippen molar-refractivity contribution in [1.29, 1.82) is 0 Å². The normalized spacial score (nSPS) is 10.0. The third kappa shape index (κ3) is 7.88. The monoisotopic (exact) mass is 132 g/mol. The minimum atomic E-state index is 0.0139. The molecule has 0 atom stereocenters. The van der Waals surface area contributed by atoms with Gasteiger partial charge < -0.3 is 10.1 Å². The van der Waals surface area contributed by atoms with Crippen LogP contribution in [0.4, 0.5) is 0 Å². The van der Waals surface area contributed by atoms with E-state index in [-0.39, 0.29) is 6.61 Å². The van der Waals surface area contributed by atoms with Gasteiger partial charge in [-0.3, -0.25) is 0 Å². The zero-order valence-corrected chi connectivity index (χ0v) is 5.85. The summed E-state index contributed by atoms with van der Waals surface area (Å²) in [5.41, 5.74) is 0. The van der Waals surface area contributed by atoms with E-state index in [1.807, 2.05) is 0 Å². The van der Waals surface area contributed by atoms with Gasteiger partial charge in [0.15, 0.2) is 0 Å². The smallest absolute Gasteiger partial charge is 0.0834 e. The van der Waals surface area contributed by atoms with Crippen LogP contribution in [0.25, 0.3) is 0 Å². The van der Waals surface area contributed by atoms with E-state index in [1.165, 1.54) is 0 Å². The summed E-state index contributed by atoms with van der Waals surface area (Å²) in [6.45, 7) is 2.39. The largest absolute Gasteiger partial charge is 0.383 e. The summed E-state index contributed by atoms with van der Waals surface area (Å²) >= 11 is 0. The Balaban J connectivity index is 2.60. The highest BCUT2D eigenvalue weighted by molar-refractivity contribution is 4.43. The first-order valence-corrected chi connectivity index (χ1v) is 3.19. The molecule has 0 rings (SSSR count). The molecule has 0 aromatic heterocycles. The van der Waals surface area contributed by atoms with Crippen molar-refractivity contribution in [2.45, 2.75) is 6.42 Å². The first-order valence-electron chi connectivity index (χ1n) is 3.19. The van der Waals surface area contributed by atoms with Gasteiger partial charge in [0.1, 0.15) is 0 Å².